The smallest absolute Gasteiger partial charge is 0.407 e. The van der Waals surface area contributed by atoms with Crippen LogP contribution in [0.3, 0.4) is 0 Å². The number of alkyl carbamates (subject to hydrolysis) is 1. The van der Waals surface area contributed by atoms with Gasteiger partial charge in [-0.3, -0.25) is 0 Å². The number of rotatable bonds is 4. The zero-order valence-electron chi connectivity index (χ0n) is 13.5. The van der Waals surface area contributed by atoms with E-state index in [1.807, 2.05) is 33.3 Å². The number of carbonyl (C=O) groups excluding carboxylic acids is 1. The van der Waals surface area contributed by atoms with Gasteiger partial charge in [-0.05, 0) is 26.2 Å². The van der Waals surface area contributed by atoms with Gasteiger partial charge in [-0.25, -0.2) is 9.78 Å². The van der Waals surface area contributed by atoms with Crippen LogP contribution in [-0.2, 0) is 17.7 Å². The first-order valence-corrected chi connectivity index (χ1v) is 7.03. The molecule has 0 aliphatic carbocycles. The predicted octanol–water partition coefficient (Wildman–Crippen LogP) is 3.00. The van der Waals surface area contributed by atoms with Crippen molar-refractivity contribution in [3.05, 3.63) is 18.2 Å². The van der Waals surface area contributed by atoms with E-state index in [-0.39, 0.29) is 11.5 Å². The first-order valence-electron chi connectivity index (χ1n) is 7.03. The molecule has 5 nitrogen and oxygen atoms in total. The van der Waals surface area contributed by atoms with Gasteiger partial charge in [0.05, 0.1) is 6.33 Å². The molecule has 0 unspecified atom stereocenters. The van der Waals surface area contributed by atoms with Crippen molar-refractivity contribution >= 4 is 6.09 Å². The van der Waals surface area contributed by atoms with Crippen molar-refractivity contribution in [2.24, 2.45) is 5.41 Å². The summed E-state index contributed by atoms with van der Waals surface area (Å²) in [6.07, 6.45) is 4.06. The van der Waals surface area contributed by atoms with E-state index in [1.54, 1.807) is 0 Å². The zero-order chi connectivity index (χ0) is 15.4. The van der Waals surface area contributed by atoms with Crippen molar-refractivity contribution in [2.45, 2.75) is 60.1 Å². The molecule has 0 aliphatic rings. The fourth-order valence-corrected chi connectivity index (χ4v) is 1.82. The van der Waals surface area contributed by atoms with E-state index in [0.717, 1.165) is 18.7 Å². The maximum Gasteiger partial charge on any atom is 0.407 e. The van der Waals surface area contributed by atoms with E-state index in [0.29, 0.717) is 6.54 Å². The molecule has 0 bridgehead atoms. The van der Waals surface area contributed by atoms with E-state index in [4.69, 9.17) is 4.74 Å². The van der Waals surface area contributed by atoms with Crippen LogP contribution in [0.4, 0.5) is 4.79 Å². The maximum atomic E-state index is 11.5. The lowest BCUT2D eigenvalue weighted by atomic mass is 9.97. The number of nitrogens with zero attached hydrogens (tertiary/aromatic N) is 2. The average molecular weight is 281 g/mol. The van der Waals surface area contributed by atoms with E-state index in [9.17, 15) is 4.79 Å². The summed E-state index contributed by atoms with van der Waals surface area (Å²) in [5, 5.41) is 2.77. The van der Waals surface area contributed by atoms with Gasteiger partial charge < -0.3 is 14.6 Å². The Labute approximate surface area is 121 Å². The van der Waals surface area contributed by atoms with Crippen LogP contribution < -0.4 is 5.32 Å². The number of ether oxygens (including phenoxy) is 1. The van der Waals surface area contributed by atoms with Gasteiger partial charge in [-0.1, -0.05) is 20.8 Å². The van der Waals surface area contributed by atoms with Gasteiger partial charge in [0, 0.05) is 31.4 Å². The highest BCUT2D eigenvalue weighted by atomic mass is 16.6. The number of hydrogen-bond donors (Lipinski definition) is 1. The molecule has 1 aromatic rings. The molecule has 0 atom stereocenters. The summed E-state index contributed by atoms with van der Waals surface area (Å²) >= 11 is 0. The zero-order valence-corrected chi connectivity index (χ0v) is 13.5. The Kier molecular flexibility index (Phi) is 5.20. The molecule has 1 amide bonds. The molecule has 1 aromatic heterocycles. The molecule has 0 spiro atoms. The molecule has 1 N–H and O–H groups in total. The molecule has 5 heteroatoms. The third-order valence-corrected chi connectivity index (χ3v) is 2.49. The van der Waals surface area contributed by atoms with Crippen LogP contribution in [0.2, 0.25) is 0 Å². The van der Waals surface area contributed by atoms with Gasteiger partial charge in [-0.15, -0.1) is 0 Å². The number of aromatic nitrogens is 2. The van der Waals surface area contributed by atoms with E-state index in [1.165, 1.54) is 0 Å². The van der Waals surface area contributed by atoms with Crippen LogP contribution in [0.5, 0.6) is 0 Å². The van der Waals surface area contributed by atoms with Crippen molar-refractivity contribution in [3.8, 4) is 0 Å². The van der Waals surface area contributed by atoms with Crippen molar-refractivity contribution in [2.75, 3.05) is 6.54 Å². The summed E-state index contributed by atoms with van der Waals surface area (Å²) in [5.41, 5.74) is 0.863. The second-order valence-electron chi connectivity index (χ2n) is 7.25. The second-order valence-corrected chi connectivity index (χ2v) is 7.25. The molecule has 0 radical (unpaired) electrons. The van der Waals surface area contributed by atoms with E-state index < -0.39 is 5.60 Å². The van der Waals surface area contributed by atoms with Crippen LogP contribution in [0.15, 0.2) is 12.5 Å². The van der Waals surface area contributed by atoms with Gasteiger partial charge in [0.25, 0.3) is 0 Å². The molecule has 0 aliphatic heterocycles. The summed E-state index contributed by atoms with van der Waals surface area (Å²) in [4.78, 5) is 15.7. The Morgan fingerprint density at radius 1 is 1.30 bits per heavy atom. The van der Waals surface area contributed by atoms with Gasteiger partial charge in [-0.2, -0.15) is 0 Å². The molecule has 0 aromatic carbocycles. The number of imidazole rings is 1. The second kappa shape index (κ2) is 6.29. The lowest BCUT2D eigenvalue weighted by Gasteiger charge is -2.21. The summed E-state index contributed by atoms with van der Waals surface area (Å²) in [7, 11) is 0. The molecule has 0 saturated heterocycles. The topological polar surface area (TPSA) is 56.2 Å². The first kappa shape index (κ1) is 16.5. The summed E-state index contributed by atoms with van der Waals surface area (Å²) in [6.45, 7) is 13.6. The quantitative estimate of drug-likeness (QED) is 0.923. The van der Waals surface area contributed by atoms with Crippen molar-refractivity contribution < 1.29 is 9.53 Å². The Bertz CT molecular complexity index is 439. The molecule has 0 saturated carbocycles. The Morgan fingerprint density at radius 3 is 2.50 bits per heavy atom. The fourth-order valence-electron chi connectivity index (χ4n) is 1.82. The summed E-state index contributed by atoms with van der Waals surface area (Å²) in [6, 6.07) is 0. The van der Waals surface area contributed by atoms with Crippen LogP contribution in [0.25, 0.3) is 0 Å². The van der Waals surface area contributed by atoms with E-state index in [2.05, 4.69) is 35.6 Å². The Hall–Kier alpha value is -1.52. The molecule has 1 rings (SSSR count). The van der Waals surface area contributed by atoms with Crippen molar-refractivity contribution in [1.82, 2.24) is 14.9 Å². The van der Waals surface area contributed by atoms with Crippen LogP contribution in [-0.4, -0.2) is 27.8 Å². The molecular formula is C15H27N3O2. The molecule has 0 fully saturated rings. The summed E-state index contributed by atoms with van der Waals surface area (Å²) in [5.74, 6) is 0. The monoisotopic (exact) mass is 281 g/mol. The highest BCUT2D eigenvalue weighted by molar-refractivity contribution is 5.67. The van der Waals surface area contributed by atoms with Crippen LogP contribution in [0, 0.1) is 5.41 Å². The molecule has 114 valence electrons. The molecule has 20 heavy (non-hydrogen) atoms. The van der Waals surface area contributed by atoms with Crippen molar-refractivity contribution in [1.29, 1.82) is 0 Å². The van der Waals surface area contributed by atoms with Gasteiger partial charge in [0.1, 0.15) is 5.60 Å². The molecular weight excluding hydrogens is 254 g/mol. The third-order valence-electron chi connectivity index (χ3n) is 2.49. The third kappa shape index (κ3) is 6.59. The van der Waals surface area contributed by atoms with Gasteiger partial charge in [0.15, 0.2) is 0 Å². The fraction of sp³-hybridized carbons (Fsp3) is 0.733. The highest BCUT2D eigenvalue weighted by Gasteiger charge is 2.16. The first-order chi connectivity index (χ1) is 9.07. The van der Waals surface area contributed by atoms with Crippen LogP contribution >= 0.6 is 0 Å². The minimum atomic E-state index is -0.460. The average Bonchev–Trinajstić information content (AvgIpc) is 2.60. The SMILES string of the molecule is CC(C)(C)Cn1cncc1CCNC(=O)OC(C)(C)C. The van der Waals surface area contributed by atoms with Crippen LogP contribution in [0.1, 0.15) is 47.2 Å². The van der Waals surface area contributed by atoms with E-state index >= 15 is 0 Å². The largest absolute Gasteiger partial charge is 0.444 e. The summed E-state index contributed by atoms with van der Waals surface area (Å²) < 4.78 is 7.33. The standard InChI is InChI=1S/C15H27N3O2/c1-14(2,3)10-18-11-16-9-12(18)7-8-17-13(19)20-15(4,5)6/h9,11H,7-8,10H2,1-6H3,(H,17,19). The lowest BCUT2D eigenvalue weighted by Crippen LogP contribution is -2.33. The molecule has 1 heterocycles. The Balaban J connectivity index is 2.43. The van der Waals surface area contributed by atoms with Gasteiger partial charge >= 0.3 is 6.09 Å². The predicted molar refractivity (Wildman–Crippen MR) is 79.6 cm³/mol. The minimum absolute atomic E-state index is 0.202. The van der Waals surface area contributed by atoms with Gasteiger partial charge in [0.2, 0.25) is 0 Å². The minimum Gasteiger partial charge on any atom is -0.444 e. The number of hydrogen-bond acceptors (Lipinski definition) is 3. The highest BCUT2D eigenvalue weighted by Crippen LogP contribution is 2.17. The number of amides is 1. The van der Waals surface area contributed by atoms with Crippen molar-refractivity contribution in [3.63, 3.8) is 0 Å². The lowest BCUT2D eigenvalue weighted by molar-refractivity contribution is 0.0528. The Morgan fingerprint density at radius 2 is 1.95 bits per heavy atom. The normalized spacial score (nSPS) is 12.3. The number of carbonyl (C=O) groups is 1. The number of nitrogens with one attached hydrogen (secondary N) is 1. The maximum absolute atomic E-state index is 11.5.